The molecule has 0 radical (unpaired) electrons. The Bertz CT molecular complexity index is 342. The lowest BCUT2D eigenvalue weighted by Gasteiger charge is -2.19. The van der Waals surface area contributed by atoms with Gasteiger partial charge in [0.2, 0.25) is 0 Å². The molecule has 0 spiro atoms. The van der Waals surface area contributed by atoms with Crippen LogP contribution in [-0.4, -0.2) is 29.7 Å². The highest BCUT2D eigenvalue weighted by molar-refractivity contribution is 5.16. The molecule has 16 heavy (non-hydrogen) atoms. The maximum absolute atomic E-state index is 12.7. The van der Waals surface area contributed by atoms with Gasteiger partial charge in [0.15, 0.2) is 0 Å². The van der Waals surface area contributed by atoms with Gasteiger partial charge in [-0.05, 0) is 24.1 Å². The molecule has 1 N–H and O–H groups in total. The molecule has 0 aliphatic rings. The average Bonchev–Trinajstić information content (AvgIpc) is 2.29. The van der Waals surface area contributed by atoms with E-state index >= 15 is 0 Å². The Morgan fingerprint density at radius 1 is 1.31 bits per heavy atom. The van der Waals surface area contributed by atoms with E-state index in [0.717, 1.165) is 12.1 Å². The van der Waals surface area contributed by atoms with Crippen LogP contribution in [0.1, 0.15) is 12.0 Å². The van der Waals surface area contributed by atoms with Crippen LogP contribution in [0.4, 0.5) is 4.39 Å². The summed E-state index contributed by atoms with van der Waals surface area (Å²) < 4.78 is 12.7. The fraction of sp³-hybridized carbons (Fsp3) is 0.385. The molecule has 0 aliphatic heterocycles. The molecule has 0 aliphatic carbocycles. The summed E-state index contributed by atoms with van der Waals surface area (Å²) in [6.07, 6.45) is 5.96. The van der Waals surface area contributed by atoms with Gasteiger partial charge in [-0.2, -0.15) is 0 Å². The Morgan fingerprint density at radius 3 is 2.56 bits per heavy atom. The van der Waals surface area contributed by atoms with Gasteiger partial charge < -0.3 is 5.11 Å². The second-order valence-electron chi connectivity index (χ2n) is 3.62. The standard InChI is InChI=1S/C13H16FNO/c1-2-8-15(9-3-10-16)11-12-4-6-13(14)7-5-12/h1,4-7,16H,3,8-11H2. The highest BCUT2D eigenvalue weighted by atomic mass is 19.1. The number of nitrogens with zero attached hydrogens (tertiary/aromatic N) is 1. The second kappa shape index (κ2) is 7.00. The highest BCUT2D eigenvalue weighted by Gasteiger charge is 2.04. The molecule has 0 amide bonds. The summed E-state index contributed by atoms with van der Waals surface area (Å²) in [7, 11) is 0. The van der Waals surface area contributed by atoms with E-state index in [1.807, 2.05) is 4.90 Å². The number of aliphatic hydroxyl groups excluding tert-OH is 1. The maximum Gasteiger partial charge on any atom is 0.123 e. The van der Waals surface area contributed by atoms with Crippen molar-refractivity contribution in [2.75, 3.05) is 19.7 Å². The zero-order valence-corrected chi connectivity index (χ0v) is 9.19. The number of terminal acetylenes is 1. The lowest BCUT2D eigenvalue weighted by atomic mass is 10.2. The largest absolute Gasteiger partial charge is 0.396 e. The first kappa shape index (κ1) is 12.7. The van der Waals surface area contributed by atoms with Crippen molar-refractivity contribution < 1.29 is 9.50 Å². The Balaban J connectivity index is 2.53. The summed E-state index contributed by atoms with van der Waals surface area (Å²) >= 11 is 0. The molecule has 0 heterocycles. The van der Waals surface area contributed by atoms with Crippen molar-refractivity contribution in [3.8, 4) is 12.3 Å². The molecule has 1 aromatic carbocycles. The first-order valence-electron chi connectivity index (χ1n) is 5.27. The normalized spacial score (nSPS) is 10.4. The number of benzene rings is 1. The van der Waals surface area contributed by atoms with Crippen LogP contribution in [-0.2, 0) is 6.54 Å². The van der Waals surface area contributed by atoms with Crippen molar-refractivity contribution in [1.82, 2.24) is 4.90 Å². The van der Waals surface area contributed by atoms with Crippen molar-refractivity contribution in [3.63, 3.8) is 0 Å². The van der Waals surface area contributed by atoms with E-state index in [0.29, 0.717) is 19.5 Å². The van der Waals surface area contributed by atoms with E-state index in [9.17, 15) is 4.39 Å². The molecule has 0 fully saturated rings. The smallest absolute Gasteiger partial charge is 0.123 e. The molecule has 3 heteroatoms. The van der Waals surface area contributed by atoms with Crippen molar-refractivity contribution in [3.05, 3.63) is 35.6 Å². The summed E-state index contributed by atoms with van der Waals surface area (Å²) in [6, 6.07) is 6.38. The first-order valence-corrected chi connectivity index (χ1v) is 5.27. The van der Waals surface area contributed by atoms with Crippen LogP contribution in [0.25, 0.3) is 0 Å². The molecule has 2 nitrogen and oxygen atoms in total. The maximum atomic E-state index is 12.7. The minimum absolute atomic E-state index is 0.157. The van der Waals surface area contributed by atoms with Crippen molar-refractivity contribution in [1.29, 1.82) is 0 Å². The molecular weight excluding hydrogens is 205 g/mol. The third-order valence-electron chi connectivity index (χ3n) is 2.27. The predicted octanol–water partition coefficient (Wildman–Crippen LogP) is 1.64. The van der Waals surface area contributed by atoms with Gasteiger partial charge in [-0.3, -0.25) is 4.90 Å². The monoisotopic (exact) mass is 221 g/mol. The molecule has 0 atom stereocenters. The van der Waals surface area contributed by atoms with Gasteiger partial charge in [0.05, 0.1) is 6.54 Å². The fourth-order valence-corrected chi connectivity index (χ4v) is 1.49. The van der Waals surface area contributed by atoms with E-state index in [1.165, 1.54) is 12.1 Å². The van der Waals surface area contributed by atoms with Gasteiger partial charge in [0.1, 0.15) is 5.82 Å². The molecule has 0 aromatic heterocycles. The molecule has 0 saturated heterocycles. The van der Waals surface area contributed by atoms with Gasteiger partial charge in [-0.15, -0.1) is 6.42 Å². The van der Waals surface area contributed by atoms with Gasteiger partial charge >= 0.3 is 0 Å². The van der Waals surface area contributed by atoms with E-state index < -0.39 is 0 Å². The lowest BCUT2D eigenvalue weighted by molar-refractivity contribution is 0.233. The zero-order valence-electron chi connectivity index (χ0n) is 9.19. The van der Waals surface area contributed by atoms with Crippen LogP contribution < -0.4 is 0 Å². The molecule has 0 bridgehead atoms. The van der Waals surface area contributed by atoms with E-state index in [4.69, 9.17) is 11.5 Å². The number of hydrogen-bond donors (Lipinski definition) is 1. The van der Waals surface area contributed by atoms with Crippen molar-refractivity contribution >= 4 is 0 Å². The van der Waals surface area contributed by atoms with E-state index in [2.05, 4.69) is 5.92 Å². The zero-order chi connectivity index (χ0) is 11.8. The predicted molar refractivity (Wildman–Crippen MR) is 62.2 cm³/mol. The highest BCUT2D eigenvalue weighted by Crippen LogP contribution is 2.06. The van der Waals surface area contributed by atoms with Crippen LogP contribution in [0.5, 0.6) is 0 Å². The Kier molecular flexibility index (Phi) is 5.55. The number of aliphatic hydroxyl groups is 1. The SMILES string of the molecule is C#CCN(CCCO)Cc1ccc(F)cc1. The number of halogens is 1. The number of hydrogen-bond acceptors (Lipinski definition) is 2. The summed E-state index contributed by atoms with van der Waals surface area (Å²) in [5.41, 5.74) is 1.02. The van der Waals surface area contributed by atoms with Gasteiger partial charge in [-0.1, -0.05) is 18.1 Å². The van der Waals surface area contributed by atoms with Crippen LogP contribution >= 0.6 is 0 Å². The Morgan fingerprint density at radius 2 is 2.00 bits per heavy atom. The van der Waals surface area contributed by atoms with Crippen molar-refractivity contribution in [2.24, 2.45) is 0 Å². The van der Waals surface area contributed by atoms with Crippen molar-refractivity contribution in [2.45, 2.75) is 13.0 Å². The summed E-state index contributed by atoms with van der Waals surface area (Å²) in [4.78, 5) is 2.05. The molecular formula is C13H16FNO. The van der Waals surface area contributed by atoms with E-state index in [-0.39, 0.29) is 12.4 Å². The van der Waals surface area contributed by atoms with Gasteiger partial charge in [-0.25, -0.2) is 4.39 Å². The van der Waals surface area contributed by atoms with Gasteiger partial charge in [0.25, 0.3) is 0 Å². The lowest BCUT2D eigenvalue weighted by Crippen LogP contribution is -2.25. The minimum Gasteiger partial charge on any atom is -0.396 e. The summed E-state index contributed by atoms with van der Waals surface area (Å²) in [6.45, 7) is 2.13. The molecule has 0 unspecified atom stereocenters. The van der Waals surface area contributed by atoms with Crippen LogP contribution in [0.2, 0.25) is 0 Å². The topological polar surface area (TPSA) is 23.5 Å². The average molecular weight is 221 g/mol. The fourth-order valence-electron chi connectivity index (χ4n) is 1.49. The quantitative estimate of drug-likeness (QED) is 0.738. The van der Waals surface area contributed by atoms with Crippen LogP contribution in [0, 0.1) is 18.2 Å². The van der Waals surface area contributed by atoms with Gasteiger partial charge in [0, 0.05) is 19.7 Å². The third-order valence-corrected chi connectivity index (χ3v) is 2.27. The second-order valence-corrected chi connectivity index (χ2v) is 3.62. The first-order chi connectivity index (χ1) is 7.76. The minimum atomic E-state index is -0.234. The van der Waals surface area contributed by atoms with Crippen LogP contribution in [0.3, 0.4) is 0 Å². The Labute approximate surface area is 95.7 Å². The molecule has 1 rings (SSSR count). The molecule has 86 valence electrons. The number of rotatable bonds is 6. The molecule has 0 saturated carbocycles. The van der Waals surface area contributed by atoms with Crippen LogP contribution in [0.15, 0.2) is 24.3 Å². The van der Waals surface area contributed by atoms with E-state index in [1.54, 1.807) is 12.1 Å². The third kappa shape index (κ3) is 4.43. The Hall–Kier alpha value is -1.37. The summed E-state index contributed by atoms with van der Waals surface area (Å²) in [5, 5.41) is 8.76. The summed E-state index contributed by atoms with van der Waals surface area (Å²) in [5.74, 6) is 2.34. The molecule has 1 aromatic rings.